The zero-order valence-electron chi connectivity index (χ0n) is 21.8. The second kappa shape index (κ2) is 11.9. The van der Waals surface area contributed by atoms with Gasteiger partial charge in [-0.25, -0.2) is 0 Å². The number of ether oxygens (including phenoxy) is 3. The van der Waals surface area contributed by atoms with Gasteiger partial charge in [0, 0.05) is 0 Å². The predicted octanol–water partition coefficient (Wildman–Crippen LogP) is 4.49. The lowest BCUT2D eigenvalue weighted by molar-refractivity contribution is -0.143. The van der Waals surface area contributed by atoms with E-state index in [0.717, 1.165) is 16.9 Å². The molecule has 0 fully saturated rings. The second-order valence-electron chi connectivity index (χ2n) is 9.45. The minimum atomic E-state index is -0.746. The molecule has 7 nitrogen and oxygen atoms in total. The first-order valence-electron chi connectivity index (χ1n) is 12.5. The Hall–Kier alpha value is -3.84. The largest absolute Gasteiger partial charge is 0.497 e. The van der Waals surface area contributed by atoms with E-state index in [1.54, 1.807) is 12.0 Å². The number of carbonyl (C=O) groups is 2. The predicted molar refractivity (Wildman–Crippen MR) is 143 cm³/mol. The van der Waals surface area contributed by atoms with Gasteiger partial charge in [-0.2, -0.15) is 0 Å². The summed E-state index contributed by atoms with van der Waals surface area (Å²) in [6.07, 6.45) is 0.351. The molecule has 1 heterocycles. The van der Waals surface area contributed by atoms with Crippen LogP contribution in [0.2, 0.25) is 0 Å². The van der Waals surface area contributed by atoms with Crippen molar-refractivity contribution in [3.05, 3.63) is 89.5 Å². The van der Waals surface area contributed by atoms with Crippen LogP contribution in [-0.4, -0.2) is 44.8 Å². The monoisotopic (exact) mass is 502 g/mol. The Morgan fingerprint density at radius 1 is 1.00 bits per heavy atom. The van der Waals surface area contributed by atoms with Crippen molar-refractivity contribution in [1.29, 1.82) is 0 Å². The lowest BCUT2D eigenvalue weighted by Gasteiger charge is -2.27. The van der Waals surface area contributed by atoms with Gasteiger partial charge in [0.05, 0.1) is 26.5 Å². The Bertz CT molecular complexity index is 1210. The maximum absolute atomic E-state index is 13.9. The van der Waals surface area contributed by atoms with Crippen molar-refractivity contribution < 1.29 is 23.8 Å². The smallest absolute Gasteiger partial charge is 0.323 e. The number of fused-ring (bicyclic) bond motifs is 1. The average Bonchev–Trinajstić information content (AvgIpc) is 3.05. The lowest BCUT2D eigenvalue weighted by atomic mass is 10.0. The molecule has 1 aliphatic rings. The number of esters is 1. The normalized spacial score (nSPS) is 16.0. The molecule has 0 bridgehead atoms. The van der Waals surface area contributed by atoms with E-state index in [1.807, 2.05) is 48.5 Å². The molecule has 194 valence electrons. The molecule has 0 aliphatic carbocycles. The molecular formula is C30H34N2O5. The maximum atomic E-state index is 13.9. The van der Waals surface area contributed by atoms with E-state index in [2.05, 4.69) is 43.4 Å². The number of para-hydroxylation sites is 2. The molecule has 1 unspecified atom stereocenters. The van der Waals surface area contributed by atoms with Crippen LogP contribution >= 0.6 is 0 Å². The molecule has 1 amide bonds. The van der Waals surface area contributed by atoms with Crippen LogP contribution in [0.15, 0.2) is 72.8 Å². The van der Waals surface area contributed by atoms with Gasteiger partial charge in [0.15, 0.2) is 0 Å². The summed E-state index contributed by atoms with van der Waals surface area (Å²) in [4.78, 5) is 28.3. The molecule has 37 heavy (non-hydrogen) atoms. The molecule has 2 atom stereocenters. The molecule has 0 aromatic heterocycles. The van der Waals surface area contributed by atoms with Crippen LogP contribution in [0.4, 0.5) is 5.69 Å². The van der Waals surface area contributed by atoms with E-state index in [-0.39, 0.29) is 12.5 Å². The molecule has 0 radical (unpaired) electrons. The first-order chi connectivity index (χ1) is 17.9. The van der Waals surface area contributed by atoms with Gasteiger partial charge >= 0.3 is 5.97 Å². The van der Waals surface area contributed by atoms with Gasteiger partial charge in [-0.3, -0.25) is 14.9 Å². The summed E-state index contributed by atoms with van der Waals surface area (Å²) < 4.78 is 16.3. The van der Waals surface area contributed by atoms with E-state index < -0.39 is 18.1 Å². The van der Waals surface area contributed by atoms with Crippen molar-refractivity contribution in [2.45, 2.75) is 44.8 Å². The maximum Gasteiger partial charge on any atom is 0.323 e. The van der Waals surface area contributed by atoms with Crippen LogP contribution in [0.25, 0.3) is 0 Å². The highest BCUT2D eigenvalue weighted by molar-refractivity contribution is 5.99. The number of nitrogens with zero attached hydrogens (tertiary/aromatic N) is 1. The molecular weight excluding hydrogens is 468 g/mol. The SMILES string of the molecule is COC(=O)[C@H](Cc1ccc(OC)cc1)NC1COc2ccccc2N(Cc2ccc(C(C)C)cc2)C1=O. The molecule has 1 N–H and O–H groups in total. The summed E-state index contributed by atoms with van der Waals surface area (Å²) in [6, 6.07) is 21.8. The highest BCUT2D eigenvalue weighted by atomic mass is 16.5. The lowest BCUT2D eigenvalue weighted by Crippen LogP contribution is -2.54. The summed E-state index contributed by atoms with van der Waals surface area (Å²) >= 11 is 0. The number of hydrogen-bond acceptors (Lipinski definition) is 6. The average molecular weight is 503 g/mol. The van der Waals surface area contributed by atoms with Crippen LogP contribution in [-0.2, 0) is 27.3 Å². The van der Waals surface area contributed by atoms with E-state index in [9.17, 15) is 9.59 Å². The van der Waals surface area contributed by atoms with Gasteiger partial charge in [-0.05, 0) is 53.3 Å². The summed E-state index contributed by atoms with van der Waals surface area (Å²) in [5.74, 6) is 1.18. The van der Waals surface area contributed by atoms with Gasteiger partial charge in [0.1, 0.15) is 30.2 Å². The minimum Gasteiger partial charge on any atom is -0.497 e. The topological polar surface area (TPSA) is 77.1 Å². The van der Waals surface area contributed by atoms with Crippen LogP contribution in [0.5, 0.6) is 11.5 Å². The number of benzene rings is 3. The van der Waals surface area contributed by atoms with Crippen molar-refractivity contribution >= 4 is 17.6 Å². The first kappa shape index (κ1) is 26.2. The third kappa shape index (κ3) is 6.30. The van der Waals surface area contributed by atoms with Gasteiger partial charge in [0.2, 0.25) is 5.91 Å². The van der Waals surface area contributed by atoms with Crippen molar-refractivity contribution in [2.75, 3.05) is 25.7 Å². The standard InChI is InChI=1S/C30H34N2O5/c1-20(2)23-13-9-22(10-14-23)18-32-27-7-5-6-8-28(27)37-19-26(29(32)33)31-25(30(34)36-4)17-21-11-15-24(35-3)16-12-21/h5-16,20,25-26,31H,17-19H2,1-4H3/t25-,26?/m0/s1. The van der Waals surface area contributed by atoms with E-state index in [1.165, 1.54) is 12.7 Å². The number of amides is 1. The summed E-state index contributed by atoms with van der Waals surface area (Å²) in [5, 5.41) is 3.23. The molecule has 0 saturated heterocycles. The molecule has 1 aliphatic heterocycles. The number of rotatable bonds is 9. The fourth-order valence-corrected chi connectivity index (χ4v) is 4.42. The Morgan fingerprint density at radius 2 is 1.68 bits per heavy atom. The van der Waals surface area contributed by atoms with Crippen LogP contribution < -0.4 is 19.7 Å². The van der Waals surface area contributed by atoms with Gasteiger partial charge in [-0.15, -0.1) is 0 Å². The third-order valence-corrected chi connectivity index (χ3v) is 6.60. The fourth-order valence-electron chi connectivity index (χ4n) is 4.42. The molecule has 4 rings (SSSR count). The minimum absolute atomic E-state index is 0.0920. The molecule has 3 aromatic rings. The highest BCUT2D eigenvalue weighted by Crippen LogP contribution is 2.32. The molecule has 3 aromatic carbocycles. The quantitative estimate of drug-likeness (QED) is 0.435. The fraction of sp³-hybridized carbons (Fsp3) is 0.333. The molecule has 0 saturated carbocycles. The highest BCUT2D eigenvalue weighted by Gasteiger charge is 2.34. The van der Waals surface area contributed by atoms with Crippen molar-refractivity contribution in [1.82, 2.24) is 5.32 Å². The van der Waals surface area contributed by atoms with E-state index in [0.29, 0.717) is 30.3 Å². The van der Waals surface area contributed by atoms with Gasteiger partial charge < -0.3 is 19.1 Å². The van der Waals surface area contributed by atoms with E-state index >= 15 is 0 Å². The van der Waals surface area contributed by atoms with Crippen molar-refractivity contribution in [3.8, 4) is 11.5 Å². The molecule has 7 heteroatoms. The third-order valence-electron chi connectivity index (χ3n) is 6.60. The Labute approximate surface area is 218 Å². The second-order valence-corrected chi connectivity index (χ2v) is 9.45. The first-order valence-corrected chi connectivity index (χ1v) is 12.5. The Balaban J connectivity index is 1.58. The Kier molecular flexibility index (Phi) is 8.46. The van der Waals surface area contributed by atoms with Crippen LogP contribution in [0.1, 0.15) is 36.5 Å². The number of anilines is 1. The van der Waals surface area contributed by atoms with Crippen LogP contribution in [0, 0.1) is 0 Å². The molecule has 0 spiro atoms. The van der Waals surface area contributed by atoms with Crippen molar-refractivity contribution in [3.63, 3.8) is 0 Å². The van der Waals surface area contributed by atoms with Gasteiger partial charge in [-0.1, -0.05) is 62.4 Å². The summed E-state index contributed by atoms with van der Waals surface area (Å²) in [6.45, 7) is 4.79. The Morgan fingerprint density at radius 3 is 2.32 bits per heavy atom. The van der Waals surface area contributed by atoms with Crippen molar-refractivity contribution in [2.24, 2.45) is 0 Å². The summed E-state index contributed by atoms with van der Waals surface area (Å²) in [5.41, 5.74) is 3.87. The summed E-state index contributed by atoms with van der Waals surface area (Å²) in [7, 11) is 2.95. The zero-order chi connectivity index (χ0) is 26.4. The number of carbonyl (C=O) groups excluding carboxylic acids is 2. The van der Waals surface area contributed by atoms with Crippen LogP contribution in [0.3, 0.4) is 0 Å². The van der Waals surface area contributed by atoms with E-state index in [4.69, 9.17) is 14.2 Å². The number of methoxy groups -OCH3 is 2. The zero-order valence-corrected chi connectivity index (χ0v) is 21.8. The van der Waals surface area contributed by atoms with Gasteiger partial charge in [0.25, 0.3) is 0 Å². The number of hydrogen-bond donors (Lipinski definition) is 1. The number of nitrogens with one attached hydrogen (secondary N) is 1.